The highest BCUT2D eigenvalue weighted by Crippen LogP contribution is 2.23. The van der Waals surface area contributed by atoms with E-state index in [9.17, 15) is 14.0 Å². The number of amides is 3. The summed E-state index contributed by atoms with van der Waals surface area (Å²) in [5, 5.41) is 9.48. The molecule has 0 radical (unpaired) electrons. The van der Waals surface area contributed by atoms with Crippen LogP contribution in [0, 0.1) is 11.7 Å². The van der Waals surface area contributed by atoms with Crippen molar-refractivity contribution < 1.29 is 14.0 Å². The van der Waals surface area contributed by atoms with Crippen LogP contribution in [0.5, 0.6) is 0 Å². The first-order valence-corrected chi connectivity index (χ1v) is 8.15. The normalized spacial score (nSPS) is 17.2. The molecule has 2 aromatic rings. The second kappa shape index (κ2) is 7.33. The van der Waals surface area contributed by atoms with Gasteiger partial charge in [0.05, 0.1) is 17.3 Å². The summed E-state index contributed by atoms with van der Waals surface area (Å²) in [4.78, 5) is 26.0. The fourth-order valence-corrected chi connectivity index (χ4v) is 2.99. The number of hydrogen-bond acceptors (Lipinski definition) is 3. The van der Waals surface area contributed by atoms with Crippen molar-refractivity contribution in [1.82, 2.24) is 20.0 Å². The lowest BCUT2D eigenvalue weighted by Crippen LogP contribution is -2.46. The predicted molar refractivity (Wildman–Crippen MR) is 90.9 cm³/mol. The highest BCUT2D eigenvalue weighted by atomic mass is 19.1. The largest absolute Gasteiger partial charge is 0.359 e. The molecule has 2 N–H and O–H groups in total. The molecular weight excluding hydrogens is 325 g/mol. The maximum absolute atomic E-state index is 13.6. The van der Waals surface area contributed by atoms with E-state index in [1.54, 1.807) is 41.2 Å². The van der Waals surface area contributed by atoms with Crippen molar-refractivity contribution in [3.05, 3.63) is 42.5 Å². The van der Waals surface area contributed by atoms with Gasteiger partial charge in [0.25, 0.3) is 0 Å². The van der Waals surface area contributed by atoms with Crippen LogP contribution in [0.3, 0.4) is 0 Å². The molecule has 1 aromatic carbocycles. The number of piperidine rings is 1. The van der Waals surface area contributed by atoms with Crippen LogP contribution >= 0.6 is 0 Å². The summed E-state index contributed by atoms with van der Waals surface area (Å²) in [6.45, 7) is 0.906. The molecule has 3 amide bonds. The van der Waals surface area contributed by atoms with Gasteiger partial charge in [0.2, 0.25) is 5.91 Å². The first-order chi connectivity index (χ1) is 12.1. The van der Waals surface area contributed by atoms with Gasteiger partial charge in [-0.05, 0) is 37.1 Å². The van der Waals surface area contributed by atoms with Crippen molar-refractivity contribution in [1.29, 1.82) is 0 Å². The molecule has 0 bridgehead atoms. The third kappa shape index (κ3) is 3.78. The Balaban J connectivity index is 1.77. The van der Waals surface area contributed by atoms with Gasteiger partial charge in [-0.1, -0.05) is 0 Å². The van der Waals surface area contributed by atoms with E-state index in [2.05, 4.69) is 15.7 Å². The smallest absolute Gasteiger partial charge is 0.321 e. The van der Waals surface area contributed by atoms with Crippen LogP contribution in [-0.2, 0) is 4.79 Å². The molecule has 0 aliphatic carbocycles. The van der Waals surface area contributed by atoms with Gasteiger partial charge in [0, 0.05) is 32.5 Å². The monoisotopic (exact) mass is 345 g/mol. The van der Waals surface area contributed by atoms with Crippen molar-refractivity contribution in [2.24, 2.45) is 5.92 Å². The zero-order chi connectivity index (χ0) is 17.8. The minimum Gasteiger partial charge on any atom is -0.359 e. The van der Waals surface area contributed by atoms with Crippen LogP contribution in [0.4, 0.5) is 14.9 Å². The molecule has 1 atom stereocenters. The van der Waals surface area contributed by atoms with Gasteiger partial charge in [-0.25, -0.2) is 13.9 Å². The standard InChI is InChI=1S/C17H20FN5O2/c1-19-16(24)12-4-2-8-22(11-12)17(25)21-14-10-13(18)5-6-15(14)23-9-3-7-20-23/h3,5-7,9-10,12H,2,4,8,11H2,1H3,(H,19,24)(H,21,25)/t12-/m1/s1. The number of nitrogens with zero attached hydrogens (tertiary/aromatic N) is 3. The maximum Gasteiger partial charge on any atom is 0.321 e. The number of nitrogens with one attached hydrogen (secondary N) is 2. The number of aromatic nitrogens is 2. The Hall–Kier alpha value is -2.90. The third-order valence-electron chi connectivity index (χ3n) is 4.28. The molecule has 132 valence electrons. The Kier molecular flexibility index (Phi) is 4.97. The highest BCUT2D eigenvalue weighted by Gasteiger charge is 2.28. The molecule has 1 aliphatic rings. The average molecular weight is 345 g/mol. The molecule has 25 heavy (non-hydrogen) atoms. The van der Waals surface area contributed by atoms with Crippen LogP contribution in [0.25, 0.3) is 5.69 Å². The van der Waals surface area contributed by atoms with E-state index in [1.165, 1.54) is 12.1 Å². The lowest BCUT2D eigenvalue weighted by Gasteiger charge is -2.32. The van der Waals surface area contributed by atoms with E-state index in [0.717, 1.165) is 12.8 Å². The van der Waals surface area contributed by atoms with Crippen molar-refractivity contribution in [3.8, 4) is 5.69 Å². The lowest BCUT2D eigenvalue weighted by molar-refractivity contribution is -0.125. The maximum atomic E-state index is 13.6. The Morgan fingerprint density at radius 3 is 2.92 bits per heavy atom. The fourth-order valence-electron chi connectivity index (χ4n) is 2.99. The molecular formula is C17H20FN5O2. The second-order valence-electron chi connectivity index (χ2n) is 5.94. The number of urea groups is 1. The molecule has 0 spiro atoms. The minimum absolute atomic E-state index is 0.0690. The van der Waals surface area contributed by atoms with Crippen LogP contribution < -0.4 is 10.6 Å². The Morgan fingerprint density at radius 2 is 2.20 bits per heavy atom. The van der Waals surface area contributed by atoms with Gasteiger partial charge in [0.1, 0.15) is 5.82 Å². The number of carbonyl (C=O) groups excluding carboxylic acids is 2. The van der Waals surface area contributed by atoms with E-state index in [1.807, 2.05) is 0 Å². The molecule has 0 unspecified atom stereocenters. The zero-order valence-corrected chi connectivity index (χ0v) is 13.9. The number of hydrogen-bond donors (Lipinski definition) is 2. The number of halogens is 1. The lowest BCUT2D eigenvalue weighted by atomic mass is 9.97. The number of benzene rings is 1. The van der Waals surface area contributed by atoms with Crippen LogP contribution in [0.2, 0.25) is 0 Å². The summed E-state index contributed by atoms with van der Waals surface area (Å²) >= 11 is 0. The highest BCUT2D eigenvalue weighted by molar-refractivity contribution is 5.92. The van der Waals surface area contributed by atoms with Crippen LogP contribution in [0.15, 0.2) is 36.7 Å². The quantitative estimate of drug-likeness (QED) is 0.893. The predicted octanol–water partition coefficient (Wildman–Crippen LogP) is 2.00. The van der Waals surface area contributed by atoms with E-state index in [4.69, 9.17) is 0 Å². The number of likely N-dealkylation sites (tertiary alicyclic amines) is 1. The van der Waals surface area contributed by atoms with Gasteiger partial charge < -0.3 is 15.5 Å². The number of anilines is 1. The van der Waals surface area contributed by atoms with Gasteiger partial charge >= 0.3 is 6.03 Å². The molecule has 7 nitrogen and oxygen atoms in total. The van der Waals surface area contributed by atoms with Crippen molar-refractivity contribution in [3.63, 3.8) is 0 Å². The summed E-state index contributed by atoms with van der Waals surface area (Å²) in [5.74, 6) is -0.740. The van der Waals surface area contributed by atoms with Crippen molar-refractivity contribution in [2.45, 2.75) is 12.8 Å². The average Bonchev–Trinajstić information content (AvgIpc) is 3.15. The summed E-state index contributed by atoms with van der Waals surface area (Å²) < 4.78 is 15.2. The molecule has 3 rings (SSSR count). The summed E-state index contributed by atoms with van der Waals surface area (Å²) in [7, 11) is 1.59. The summed E-state index contributed by atoms with van der Waals surface area (Å²) in [5.41, 5.74) is 0.898. The zero-order valence-electron chi connectivity index (χ0n) is 13.9. The van der Waals surface area contributed by atoms with E-state index < -0.39 is 5.82 Å². The first kappa shape index (κ1) is 16.9. The van der Waals surface area contributed by atoms with Crippen molar-refractivity contribution >= 4 is 17.6 Å². The molecule has 1 aromatic heterocycles. The first-order valence-electron chi connectivity index (χ1n) is 8.15. The van der Waals surface area contributed by atoms with E-state index in [-0.39, 0.29) is 17.9 Å². The molecule has 1 fully saturated rings. The van der Waals surface area contributed by atoms with Gasteiger partial charge in [0.15, 0.2) is 0 Å². The van der Waals surface area contributed by atoms with E-state index in [0.29, 0.717) is 24.5 Å². The molecule has 2 heterocycles. The third-order valence-corrected chi connectivity index (χ3v) is 4.28. The minimum atomic E-state index is -0.451. The van der Waals surface area contributed by atoms with Gasteiger partial charge in [-0.3, -0.25) is 4.79 Å². The second-order valence-corrected chi connectivity index (χ2v) is 5.94. The van der Waals surface area contributed by atoms with E-state index >= 15 is 0 Å². The Bertz CT molecular complexity index is 762. The number of carbonyl (C=O) groups is 2. The SMILES string of the molecule is CNC(=O)[C@@H]1CCCN(C(=O)Nc2cc(F)ccc2-n2cccn2)C1. The Labute approximate surface area is 144 Å². The molecule has 1 aliphatic heterocycles. The summed E-state index contributed by atoms with van der Waals surface area (Å²) in [6.07, 6.45) is 4.82. The van der Waals surface area contributed by atoms with Crippen LogP contribution in [0.1, 0.15) is 12.8 Å². The fraction of sp³-hybridized carbons (Fsp3) is 0.353. The van der Waals surface area contributed by atoms with Crippen LogP contribution in [-0.4, -0.2) is 46.8 Å². The number of rotatable bonds is 3. The summed E-state index contributed by atoms with van der Waals surface area (Å²) in [6, 6.07) is 5.52. The van der Waals surface area contributed by atoms with Gasteiger partial charge in [-0.15, -0.1) is 0 Å². The van der Waals surface area contributed by atoms with Gasteiger partial charge in [-0.2, -0.15) is 5.10 Å². The molecule has 1 saturated heterocycles. The van der Waals surface area contributed by atoms with Crippen molar-refractivity contribution in [2.75, 3.05) is 25.5 Å². The molecule has 8 heteroatoms. The Morgan fingerprint density at radius 1 is 1.36 bits per heavy atom. The topological polar surface area (TPSA) is 79.3 Å². The molecule has 0 saturated carbocycles.